The van der Waals surface area contributed by atoms with E-state index < -0.39 is 15.1 Å². The topological polar surface area (TPSA) is 49.4 Å². The minimum absolute atomic E-state index is 0.0170. The lowest BCUT2D eigenvalue weighted by Gasteiger charge is -2.31. The summed E-state index contributed by atoms with van der Waals surface area (Å²) in [5, 5.41) is 1.51. The molecule has 0 spiro atoms. The van der Waals surface area contributed by atoms with E-state index in [0.717, 1.165) is 22.4 Å². The number of nitrogens with one attached hydrogen (secondary N) is 1. The fourth-order valence-corrected chi connectivity index (χ4v) is 5.90. The molecule has 32 heavy (non-hydrogen) atoms. The lowest BCUT2D eigenvalue weighted by Crippen LogP contribution is -2.40. The first-order valence-corrected chi connectivity index (χ1v) is 12.7. The smallest absolute Gasteiger partial charge is 0.182 e. The van der Waals surface area contributed by atoms with Crippen molar-refractivity contribution in [2.75, 3.05) is 12.0 Å². The van der Waals surface area contributed by atoms with E-state index in [1.807, 2.05) is 54.6 Å². The maximum atomic E-state index is 13.8. The van der Waals surface area contributed by atoms with Crippen molar-refractivity contribution < 1.29 is 8.42 Å². The van der Waals surface area contributed by atoms with Gasteiger partial charge in [0.15, 0.2) is 9.84 Å². The summed E-state index contributed by atoms with van der Waals surface area (Å²) in [5.74, 6) is 0. The Hall–Kier alpha value is -2.63. The molecule has 4 rings (SSSR count). The Kier molecular flexibility index (Phi) is 6.15. The van der Waals surface area contributed by atoms with Crippen molar-refractivity contribution in [2.24, 2.45) is 0 Å². The molecule has 5 heteroatoms. The lowest BCUT2D eigenvalue weighted by molar-refractivity contribution is 0.260. The van der Waals surface area contributed by atoms with Crippen molar-refractivity contribution in [1.29, 1.82) is 0 Å². The number of sulfone groups is 1. The molecule has 2 atom stereocenters. The van der Waals surface area contributed by atoms with Crippen LogP contribution < -0.4 is 5.43 Å². The number of benzene rings is 3. The van der Waals surface area contributed by atoms with E-state index in [2.05, 4.69) is 50.3 Å². The van der Waals surface area contributed by atoms with E-state index in [1.54, 1.807) is 12.1 Å². The third kappa shape index (κ3) is 4.59. The molecule has 0 fully saturated rings. The van der Waals surface area contributed by atoms with E-state index in [4.69, 9.17) is 0 Å². The number of fused-ring (bicyclic) bond motifs is 1. The first-order valence-electron chi connectivity index (χ1n) is 11.2. The normalized spacial score (nSPS) is 18.3. The van der Waals surface area contributed by atoms with E-state index >= 15 is 0 Å². The van der Waals surface area contributed by atoms with Crippen LogP contribution in [0.2, 0.25) is 0 Å². The molecule has 1 heterocycles. The van der Waals surface area contributed by atoms with Crippen LogP contribution in [-0.2, 0) is 21.7 Å². The van der Waals surface area contributed by atoms with E-state index in [9.17, 15) is 8.42 Å². The molecule has 0 bridgehead atoms. The van der Waals surface area contributed by atoms with Gasteiger partial charge in [0.1, 0.15) is 0 Å². The van der Waals surface area contributed by atoms with Gasteiger partial charge in [-0.25, -0.2) is 13.4 Å². The van der Waals surface area contributed by atoms with Gasteiger partial charge in [0, 0.05) is 6.54 Å². The Bertz CT molecular complexity index is 1170. The fourth-order valence-electron chi connectivity index (χ4n) is 4.25. The maximum absolute atomic E-state index is 13.8. The Morgan fingerprint density at radius 1 is 0.906 bits per heavy atom. The Balaban J connectivity index is 1.70. The van der Waals surface area contributed by atoms with E-state index in [-0.39, 0.29) is 11.5 Å². The molecular formula is C27H32N2O2S. The number of hydrazine groups is 1. The second-order valence-electron chi connectivity index (χ2n) is 9.65. The summed E-state index contributed by atoms with van der Waals surface area (Å²) in [6.07, 6.45) is 0.477. The van der Waals surface area contributed by atoms with Gasteiger partial charge in [-0.3, -0.25) is 0 Å². The summed E-state index contributed by atoms with van der Waals surface area (Å²) in [5.41, 5.74) is 7.75. The summed E-state index contributed by atoms with van der Waals surface area (Å²) >= 11 is 0. The molecule has 1 aliphatic heterocycles. The third-order valence-corrected chi connectivity index (χ3v) is 8.49. The van der Waals surface area contributed by atoms with Crippen LogP contribution in [0.4, 0.5) is 5.69 Å². The molecule has 3 aromatic carbocycles. The highest BCUT2D eigenvalue weighted by atomic mass is 32.2. The van der Waals surface area contributed by atoms with Gasteiger partial charge in [-0.1, -0.05) is 81.4 Å². The van der Waals surface area contributed by atoms with Gasteiger partial charge >= 0.3 is 0 Å². The average Bonchev–Trinajstić information content (AvgIpc) is 2.99. The molecule has 0 aromatic heterocycles. The monoisotopic (exact) mass is 448 g/mol. The molecule has 168 valence electrons. The standard InChI is InChI=1S/C27H32N2O2S/c1-20(21-10-6-5-7-11-21)29-19-25(18-22-12-8-9-13-26(22)28-29)32(30,31)24-16-14-23(15-17-24)27(2,3)4/h5-17,20,25,28H,18-19H2,1-4H3. The van der Waals surface area contributed by atoms with Crippen LogP contribution in [0.15, 0.2) is 83.8 Å². The number of nitrogens with zero attached hydrogens (tertiary/aromatic N) is 1. The molecular weight excluding hydrogens is 416 g/mol. The summed E-state index contributed by atoms with van der Waals surface area (Å²) in [6, 6.07) is 25.6. The van der Waals surface area contributed by atoms with Crippen LogP contribution in [0.25, 0.3) is 0 Å². The Labute approximate surface area is 192 Å². The SMILES string of the molecule is CC(c1ccccc1)N1CC(S(=O)(=O)c2ccc(C(C)(C)C)cc2)Cc2ccccc2N1. The van der Waals surface area contributed by atoms with Gasteiger partial charge in [0.25, 0.3) is 0 Å². The van der Waals surface area contributed by atoms with Crippen molar-refractivity contribution in [3.8, 4) is 0 Å². The number of rotatable bonds is 4. The summed E-state index contributed by atoms with van der Waals surface area (Å²) in [6.45, 7) is 8.90. The van der Waals surface area contributed by atoms with Crippen LogP contribution in [-0.4, -0.2) is 25.2 Å². The zero-order chi connectivity index (χ0) is 22.9. The van der Waals surface area contributed by atoms with Crippen molar-refractivity contribution in [3.63, 3.8) is 0 Å². The number of hydrogen-bond acceptors (Lipinski definition) is 4. The molecule has 0 amide bonds. The van der Waals surface area contributed by atoms with Gasteiger partial charge in [-0.2, -0.15) is 0 Å². The average molecular weight is 449 g/mol. The predicted molar refractivity (Wildman–Crippen MR) is 131 cm³/mol. The third-order valence-electron chi connectivity index (χ3n) is 6.37. The van der Waals surface area contributed by atoms with Crippen LogP contribution in [0, 0.1) is 0 Å². The van der Waals surface area contributed by atoms with Crippen LogP contribution in [0.5, 0.6) is 0 Å². The molecule has 1 aliphatic rings. The molecule has 1 N–H and O–H groups in total. The van der Waals surface area contributed by atoms with Crippen molar-refractivity contribution in [3.05, 3.63) is 95.6 Å². The van der Waals surface area contributed by atoms with Crippen LogP contribution in [0.1, 0.15) is 50.4 Å². The van der Waals surface area contributed by atoms with Crippen LogP contribution in [0.3, 0.4) is 0 Å². The molecule has 0 aliphatic carbocycles. The maximum Gasteiger partial charge on any atom is 0.182 e. The summed E-state index contributed by atoms with van der Waals surface area (Å²) in [4.78, 5) is 0.391. The van der Waals surface area contributed by atoms with Crippen molar-refractivity contribution in [1.82, 2.24) is 5.01 Å². The molecule has 0 radical (unpaired) electrons. The van der Waals surface area contributed by atoms with Gasteiger partial charge in [0.2, 0.25) is 0 Å². The van der Waals surface area contributed by atoms with Gasteiger partial charge in [-0.15, -0.1) is 0 Å². The largest absolute Gasteiger partial charge is 0.318 e. The second-order valence-corrected chi connectivity index (χ2v) is 11.9. The first-order chi connectivity index (χ1) is 15.2. The quantitative estimate of drug-likeness (QED) is 0.550. The molecule has 2 unspecified atom stereocenters. The minimum Gasteiger partial charge on any atom is -0.318 e. The zero-order valence-electron chi connectivity index (χ0n) is 19.2. The Morgan fingerprint density at radius 2 is 1.53 bits per heavy atom. The highest BCUT2D eigenvalue weighted by molar-refractivity contribution is 7.92. The highest BCUT2D eigenvalue weighted by Gasteiger charge is 2.34. The predicted octanol–water partition coefficient (Wildman–Crippen LogP) is 5.77. The zero-order valence-corrected chi connectivity index (χ0v) is 20.1. The molecule has 4 nitrogen and oxygen atoms in total. The second kappa shape index (κ2) is 8.72. The minimum atomic E-state index is -3.52. The number of anilines is 1. The van der Waals surface area contributed by atoms with E-state index in [1.165, 1.54) is 0 Å². The van der Waals surface area contributed by atoms with Gasteiger partial charge in [0.05, 0.1) is 21.9 Å². The molecule has 0 saturated carbocycles. The molecule has 0 saturated heterocycles. The highest BCUT2D eigenvalue weighted by Crippen LogP contribution is 2.32. The fraction of sp³-hybridized carbons (Fsp3) is 0.333. The van der Waals surface area contributed by atoms with Gasteiger partial charge < -0.3 is 5.43 Å². The van der Waals surface area contributed by atoms with Crippen LogP contribution >= 0.6 is 0 Å². The summed E-state index contributed by atoms with van der Waals surface area (Å²) < 4.78 is 27.5. The van der Waals surface area contributed by atoms with Crippen molar-refractivity contribution >= 4 is 15.5 Å². The van der Waals surface area contributed by atoms with Crippen molar-refractivity contribution in [2.45, 2.75) is 55.7 Å². The van der Waals surface area contributed by atoms with E-state index in [0.29, 0.717) is 17.9 Å². The number of para-hydroxylation sites is 1. The Morgan fingerprint density at radius 3 is 2.19 bits per heavy atom. The lowest BCUT2D eigenvalue weighted by atomic mass is 9.87. The molecule has 3 aromatic rings. The first kappa shape index (κ1) is 22.6. The number of hydrogen-bond donors (Lipinski definition) is 1. The van der Waals surface area contributed by atoms with Gasteiger partial charge in [-0.05, 0) is 53.6 Å². The summed E-state index contributed by atoms with van der Waals surface area (Å²) in [7, 11) is -3.52.